The fourth-order valence-corrected chi connectivity index (χ4v) is 6.89. The number of halogens is 1. The van der Waals surface area contributed by atoms with Crippen LogP contribution in [0.2, 0.25) is 0 Å². The maximum Gasteiger partial charge on any atom is 0.223 e. The lowest BCUT2D eigenvalue weighted by atomic mass is 9.68. The van der Waals surface area contributed by atoms with Crippen LogP contribution in [0.25, 0.3) is 0 Å². The van der Waals surface area contributed by atoms with E-state index in [2.05, 4.69) is 27.2 Å². The van der Waals surface area contributed by atoms with Crippen molar-refractivity contribution in [3.05, 3.63) is 15.0 Å². The Bertz CT molecular complexity index is 554. The first-order valence-electron chi connectivity index (χ1n) is 6.94. The van der Waals surface area contributed by atoms with E-state index in [0.717, 1.165) is 18.5 Å². The van der Waals surface area contributed by atoms with Gasteiger partial charge in [0.1, 0.15) is 0 Å². The van der Waals surface area contributed by atoms with Crippen molar-refractivity contribution in [2.75, 3.05) is 0 Å². The summed E-state index contributed by atoms with van der Waals surface area (Å²) < 4.78 is 5.68. The zero-order valence-corrected chi connectivity index (χ0v) is 13.3. The molecule has 0 radical (unpaired) electrons. The van der Waals surface area contributed by atoms with E-state index in [1.807, 2.05) is 0 Å². The largest absolute Gasteiger partial charge is 0.369 e. The highest BCUT2D eigenvalue weighted by Gasteiger charge is 2.64. The first kappa shape index (κ1) is 12.3. The Morgan fingerprint density at radius 2 is 2.05 bits per heavy atom. The first-order chi connectivity index (χ1) is 9.03. The summed E-state index contributed by atoms with van der Waals surface area (Å²) in [6.07, 6.45) is 4.40. The summed E-state index contributed by atoms with van der Waals surface area (Å²) in [7, 11) is 0. The number of nitrogens with zero attached hydrogens (tertiary/aromatic N) is 1. The van der Waals surface area contributed by atoms with Gasteiger partial charge in [0, 0.05) is 10.8 Å². The van der Waals surface area contributed by atoms with Crippen molar-refractivity contribution in [1.82, 2.24) is 4.37 Å². The third kappa shape index (κ3) is 1.43. The lowest BCUT2D eigenvalue weighted by molar-refractivity contribution is -0.129. The van der Waals surface area contributed by atoms with E-state index in [4.69, 9.17) is 5.73 Å². The molecule has 0 saturated heterocycles. The van der Waals surface area contributed by atoms with E-state index in [1.165, 1.54) is 22.2 Å². The molecule has 4 saturated carbocycles. The van der Waals surface area contributed by atoms with Gasteiger partial charge in [0.2, 0.25) is 5.91 Å². The summed E-state index contributed by atoms with van der Waals surface area (Å²) in [5.74, 6) is 2.40. The fraction of sp³-hybridized carbons (Fsp3) is 0.714. The summed E-state index contributed by atoms with van der Waals surface area (Å²) in [5, 5.41) is 0. The maximum absolute atomic E-state index is 11.9. The van der Waals surface area contributed by atoms with Crippen molar-refractivity contribution in [3.63, 3.8) is 0 Å². The monoisotopic (exact) mass is 340 g/mol. The van der Waals surface area contributed by atoms with Crippen LogP contribution in [0.15, 0.2) is 4.47 Å². The van der Waals surface area contributed by atoms with E-state index in [-0.39, 0.29) is 11.3 Å². The van der Waals surface area contributed by atoms with Gasteiger partial charge in [0.15, 0.2) is 0 Å². The highest BCUT2D eigenvalue weighted by Crippen LogP contribution is 2.70. The molecule has 2 N–H and O–H groups in total. The van der Waals surface area contributed by atoms with Gasteiger partial charge in [-0.3, -0.25) is 4.79 Å². The zero-order valence-electron chi connectivity index (χ0n) is 10.9. The minimum absolute atomic E-state index is 0.0412. The van der Waals surface area contributed by atoms with E-state index >= 15 is 0 Å². The van der Waals surface area contributed by atoms with Crippen LogP contribution >= 0.6 is 27.5 Å². The number of hydrogen-bond acceptors (Lipinski definition) is 3. The summed E-state index contributed by atoms with van der Waals surface area (Å²) in [5.41, 5.74) is 6.66. The van der Waals surface area contributed by atoms with Gasteiger partial charge in [0.25, 0.3) is 0 Å². The molecule has 1 heterocycles. The Morgan fingerprint density at radius 1 is 1.42 bits per heavy atom. The number of rotatable bonds is 2. The van der Waals surface area contributed by atoms with Crippen LogP contribution in [-0.2, 0) is 4.79 Å². The lowest BCUT2D eigenvalue weighted by Crippen LogP contribution is -2.39. The molecule has 5 rings (SSSR count). The summed E-state index contributed by atoms with van der Waals surface area (Å²) in [6.45, 7) is 2.05. The topological polar surface area (TPSA) is 56.0 Å². The van der Waals surface area contributed by atoms with Crippen molar-refractivity contribution >= 4 is 33.4 Å². The molecule has 1 amide bonds. The molecule has 0 aliphatic heterocycles. The SMILES string of the molecule is Cc1nsc(C2C3CC4CC2CC4(C(N)=O)C3)c1Br. The number of primary amides is 1. The molecular weight excluding hydrogens is 324 g/mol. The molecule has 4 fully saturated rings. The van der Waals surface area contributed by atoms with Crippen LogP contribution in [-0.4, -0.2) is 10.3 Å². The highest BCUT2D eigenvalue weighted by atomic mass is 79.9. The molecule has 2 unspecified atom stereocenters. The quantitative estimate of drug-likeness (QED) is 0.898. The lowest BCUT2D eigenvalue weighted by Gasteiger charge is -2.37. The van der Waals surface area contributed by atoms with E-state index in [1.54, 1.807) is 11.5 Å². The molecule has 19 heavy (non-hydrogen) atoms. The molecule has 1 aromatic heterocycles. The third-order valence-corrected chi connectivity index (χ3v) is 8.13. The summed E-state index contributed by atoms with van der Waals surface area (Å²) >= 11 is 5.34. The number of hydrogen-bond donors (Lipinski definition) is 1. The second-order valence-electron chi connectivity index (χ2n) is 6.59. The summed E-state index contributed by atoms with van der Waals surface area (Å²) in [4.78, 5) is 13.3. The third-order valence-electron chi connectivity index (χ3n) is 5.83. The molecular formula is C14H17BrN2OS. The average Bonchev–Trinajstić information content (AvgIpc) is 2.92. The first-order valence-corrected chi connectivity index (χ1v) is 8.51. The van der Waals surface area contributed by atoms with Crippen molar-refractivity contribution in [2.45, 2.75) is 38.5 Å². The molecule has 2 atom stereocenters. The number of carbonyl (C=O) groups is 1. The minimum Gasteiger partial charge on any atom is -0.369 e. The second-order valence-corrected chi connectivity index (χ2v) is 8.19. The van der Waals surface area contributed by atoms with Crippen molar-refractivity contribution in [1.29, 1.82) is 0 Å². The Morgan fingerprint density at radius 3 is 2.47 bits per heavy atom. The van der Waals surface area contributed by atoms with Crippen molar-refractivity contribution in [3.8, 4) is 0 Å². The molecule has 5 heteroatoms. The van der Waals surface area contributed by atoms with Gasteiger partial charge in [-0.15, -0.1) is 0 Å². The van der Waals surface area contributed by atoms with Gasteiger partial charge >= 0.3 is 0 Å². The number of carbonyl (C=O) groups excluding carboxylic acids is 1. The standard InChI is InChI=1S/C14H17BrN2OS/c1-6-11(15)12(19-17-6)10-7-2-9-3-8(10)5-14(9,4-7)13(16)18/h7-10H,2-5H2,1H3,(H2,16,18). The highest BCUT2D eigenvalue weighted by molar-refractivity contribution is 9.10. The zero-order chi connectivity index (χ0) is 13.4. The number of nitrogens with two attached hydrogens (primary N) is 1. The Hall–Kier alpha value is -0.420. The normalized spacial score (nSPS) is 43.1. The van der Waals surface area contributed by atoms with Crippen LogP contribution in [0.3, 0.4) is 0 Å². The maximum atomic E-state index is 11.9. The molecule has 0 spiro atoms. The van der Waals surface area contributed by atoms with E-state index < -0.39 is 0 Å². The van der Waals surface area contributed by atoms with Crippen LogP contribution in [0.4, 0.5) is 0 Å². The van der Waals surface area contributed by atoms with Crippen LogP contribution < -0.4 is 5.73 Å². The Labute approximate surface area is 125 Å². The van der Waals surface area contributed by atoms with E-state index in [0.29, 0.717) is 23.7 Å². The molecule has 0 aromatic carbocycles. The van der Waals surface area contributed by atoms with E-state index in [9.17, 15) is 4.79 Å². The van der Waals surface area contributed by atoms with Crippen molar-refractivity contribution < 1.29 is 4.79 Å². The number of amides is 1. The molecule has 4 aliphatic rings. The average molecular weight is 341 g/mol. The second kappa shape index (κ2) is 3.82. The molecule has 102 valence electrons. The Kier molecular flexibility index (Phi) is 2.48. The fourth-order valence-electron chi connectivity index (χ4n) is 5.14. The molecule has 4 bridgehead atoms. The number of aromatic nitrogens is 1. The summed E-state index contributed by atoms with van der Waals surface area (Å²) in [6, 6.07) is 0. The smallest absolute Gasteiger partial charge is 0.223 e. The van der Waals surface area contributed by atoms with Gasteiger partial charge < -0.3 is 5.73 Å². The minimum atomic E-state index is -0.155. The van der Waals surface area contributed by atoms with Gasteiger partial charge in [0.05, 0.1) is 15.6 Å². The molecule has 4 aliphatic carbocycles. The van der Waals surface area contributed by atoms with Crippen LogP contribution in [0.1, 0.15) is 42.2 Å². The van der Waals surface area contributed by atoms with Gasteiger partial charge in [-0.05, 0) is 77.8 Å². The molecule has 1 aromatic rings. The number of aryl methyl sites for hydroxylation is 1. The predicted molar refractivity (Wildman–Crippen MR) is 77.9 cm³/mol. The predicted octanol–water partition coefficient (Wildman–Crippen LogP) is 3.22. The van der Waals surface area contributed by atoms with Gasteiger partial charge in [-0.2, -0.15) is 4.37 Å². The van der Waals surface area contributed by atoms with Crippen LogP contribution in [0.5, 0.6) is 0 Å². The Balaban J connectivity index is 1.73. The van der Waals surface area contributed by atoms with Gasteiger partial charge in [-0.1, -0.05) is 0 Å². The van der Waals surface area contributed by atoms with Crippen LogP contribution in [0, 0.1) is 30.1 Å². The van der Waals surface area contributed by atoms with Gasteiger partial charge in [-0.25, -0.2) is 0 Å². The van der Waals surface area contributed by atoms with Crippen molar-refractivity contribution in [2.24, 2.45) is 28.9 Å². The molecule has 3 nitrogen and oxygen atoms in total.